The molecule has 0 saturated heterocycles. The number of ether oxygens (including phenoxy) is 1. The Labute approximate surface area is 157 Å². The minimum Gasteiger partial charge on any atom is -0.489 e. The molecule has 1 heterocycles. The van der Waals surface area contributed by atoms with Gasteiger partial charge < -0.3 is 10.1 Å². The Bertz CT molecular complexity index is 820. The Morgan fingerprint density at radius 1 is 1.20 bits per heavy atom. The number of halogens is 1. The van der Waals surface area contributed by atoms with E-state index in [1.165, 1.54) is 4.88 Å². The van der Waals surface area contributed by atoms with E-state index in [4.69, 9.17) is 16.3 Å². The monoisotopic (exact) mass is 372 g/mol. The Hall–Kier alpha value is -1.88. The minimum absolute atomic E-state index is 0.198. The summed E-state index contributed by atoms with van der Waals surface area (Å²) in [5, 5.41) is 5.27. The Morgan fingerprint density at radius 2 is 2.00 bits per heavy atom. The summed E-state index contributed by atoms with van der Waals surface area (Å²) in [6.07, 6.45) is 1.91. The van der Waals surface area contributed by atoms with Crippen LogP contribution in [0.3, 0.4) is 0 Å². The summed E-state index contributed by atoms with van der Waals surface area (Å²) in [6.45, 7) is 5.41. The minimum atomic E-state index is 0.198. The van der Waals surface area contributed by atoms with Gasteiger partial charge in [0.1, 0.15) is 17.4 Å². The topological polar surface area (TPSA) is 34.2 Å². The summed E-state index contributed by atoms with van der Waals surface area (Å²) < 4.78 is 5.81. The average Bonchev–Trinajstić information content (AvgIpc) is 3.06. The molecule has 0 amide bonds. The molecule has 1 aromatic heterocycles. The Kier molecular flexibility index (Phi) is 6.08. The first-order valence-corrected chi connectivity index (χ1v) is 9.42. The van der Waals surface area contributed by atoms with E-state index in [1.807, 2.05) is 54.7 Å². The maximum atomic E-state index is 6.41. The van der Waals surface area contributed by atoms with Crippen LogP contribution in [0.5, 0.6) is 5.75 Å². The predicted octanol–water partition coefficient (Wildman–Crippen LogP) is 5.53. The van der Waals surface area contributed by atoms with Crippen LogP contribution in [0.4, 0.5) is 0 Å². The second-order valence-electron chi connectivity index (χ2n) is 5.94. The van der Waals surface area contributed by atoms with Gasteiger partial charge >= 0.3 is 0 Å². The summed E-state index contributed by atoms with van der Waals surface area (Å²) in [5.74, 6) is 0.779. The maximum Gasteiger partial charge on any atom is 0.121 e. The quantitative estimate of drug-likeness (QED) is 0.591. The van der Waals surface area contributed by atoms with Crippen molar-refractivity contribution in [1.82, 2.24) is 10.3 Å². The number of rotatable bonds is 7. The Balaban J connectivity index is 1.56. The molecule has 0 spiro atoms. The largest absolute Gasteiger partial charge is 0.489 e. The van der Waals surface area contributed by atoms with E-state index in [-0.39, 0.29) is 6.04 Å². The van der Waals surface area contributed by atoms with Crippen molar-refractivity contribution in [1.29, 1.82) is 0 Å². The highest BCUT2D eigenvalue weighted by atomic mass is 35.5. The summed E-state index contributed by atoms with van der Waals surface area (Å²) in [6, 6.07) is 16.1. The third kappa shape index (κ3) is 5.05. The van der Waals surface area contributed by atoms with Crippen LogP contribution in [0, 0.1) is 6.92 Å². The zero-order valence-electron chi connectivity index (χ0n) is 14.3. The predicted molar refractivity (Wildman–Crippen MR) is 104 cm³/mol. The van der Waals surface area contributed by atoms with Crippen LogP contribution >= 0.6 is 22.9 Å². The van der Waals surface area contributed by atoms with Gasteiger partial charge in [-0.1, -0.05) is 48.0 Å². The molecule has 3 aromatic rings. The molecule has 0 radical (unpaired) electrons. The number of aromatic nitrogens is 1. The normalized spacial score (nSPS) is 12.1. The van der Waals surface area contributed by atoms with Crippen LogP contribution in [0.2, 0.25) is 5.02 Å². The molecule has 25 heavy (non-hydrogen) atoms. The standard InChI is InChI=1S/C20H21ClN2OS/c1-14-11-23-20(25-14)15(2)22-12-17-8-9-18(10-19(17)21)24-13-16-6-4-3-5-7-16/h3-11,15,22H,12-13H2,1-2H3. The fourth-order valence-electron chi connectivity index (χ4n) is 2.42. The first-order valence-electron chi connectivity index (χ1n) is 8.22. The van der Waals surface area contributed by atoms with E-state index in [0.29, 0.717) is 18.2 Å². The molecular formula is C20H21ClN2OS. The molecule has 1 unspecified atom stereocenters. The van der Waals surface area contributed by atoms with E-state index in [1.54, 1.807) is 11.3 Å². The van der Waals surface area contributed by atoms with Crippen LogP contribution in [0.25, 0.3) is 0 Å². The van der Waals surface area contributed by atoms with Gasteiger partial charge in [0.05, 0.1) is 6.04 Å². The van der Waals surface area contributed by atoms with E-state index in [0.717, 1.165) is 21.9 Å². The molecule has 0 fully saturated rings. The molecule has 0 aliphatic heterocycles. The fraction of sp³-hybridized carbons (Fsp3) is 0.250. The molecule has 1 N–H and O–H groups in total. The molecular weight excluding hydrogens is 352 g/mol. The molecule has 3 nitrogen and oxygen atoms in total. The zero-order valence-corrected chi connectivity index (χ0v) is 15.9. The second-order valence-corrected chi connectivity index (χ2v) is 7.61. The van der Waals surface area contributed by atoms with Crippen molar-refractivity contribution in [3.63, 3.8) is 0 Å². The number of aryl methyl sites for hydroxylation is 1. The lowest BCUT2D eigenvalue weighted by atomic mass is 10.2. The SMILES string of the molecule is Cc1cnc(C(C)NCc2ccc(OCc3ccccc3)cc2Cl)s1. The lowest BCUT2D eigenvalue weighted by molar-refractivity contribution is 0.306. The van der Waals surface area contributed by atoms with E-state index in [9.17, 15) is 0 Å². The molecule has 0 aliphatic rings. The number of hydrogen-bond donors (Lipinski definition) is 1. The highest BCUT2D eigenvalue weighted by molar-refractivity contribution is 7.11. The first-order chi connectivity index (χ1) is 12.1. The highest BCUT2D eigenvalue weighted by Gasteiger charge is 2.10. The van der Waals surface area contributed by atoms with Crippen molar-refractivity contribution in [2.75, 3.05) is 0 Å². The number of nitrogens with zero attached hydrogens (tertiary/aromatic N) is 1. The third-order valence-corrected chi connectivity index (χ3v) is 5.33. The van der Waals surface area contributed by atoms with Gasteiger partial charge in [0, 0.05) is 22.6 Å². The molecule has 0 saturated carbocycles. The molecule has 0 aliphatic carbocycles. The van der Waals surface area contributed by atoms with Gasteiger partial charge in [-0.15, -0.1) is 11.3 Å². The summed E-state index contributed by atoms with van der Waals surface area (Å²) in [7, 11) is 0. The number of hydrogen-bond acceptors (Lipinski definition) is 4. The Morgan fingerprint density at radius 3 is 2.68 bits per heavy atom. The van der Waals surface area contributed by atoms with Gasteiger partial charge in [-0.25, -0.2) is 4.98 Å². The molecule has 5 heteroatoms. The second kappa shape index (κ2) is 8.48. The first kappa shape index (κ1) is 17.9. The van der Waals surface area contributed by atoms with Crippen LogP contribution in [-0.2, 0) is 13.2 Å². The van der Waals surface area contributed by atoms with Crippen molar-refractivity contribution in [3.05, 3.63) is 80.8 Å². The number of nitrogens with one attached hydrogen (secondary N) is 1. The maximum absolute atomic E-state index is 6.41. The lowest BCUT2D eigenvalue weighted by Gasteiger charge is -2.13. The smallest absolute Gasteiger partial charge is 0.121 e. The summed E-state index contributed by atoms with van der Waals surface area (Å²) in [4.78, 5) is 5.64. The van der Waals surface area contributed by atoms with E-state index >= 15 is 0 Å². The lowest BCUT2D eigenvalue weighted by Crippen LogP contribution is -2.18. The van der Waals surface area contributed by atoms with E-state index < -0.39 is 0 Å². The summed E-state index contributed by atoms with van der Waals surface area (Å²) in [5.41, 5.74) is 2.19. The van der Waals surface area contributed by atoms with Gasteiger partial charge in [-0.05, 0) is 37.1 Å². The number of thiazole rings is 1. The van der Waals surface area contributed by atoms with Gasteiger partial charge in [0.15, 0.2) is 0 Å². The average molecular weight is 373 g/mol. The van der Waals surface area contributed by atoms with Gasteiger partial charge in [-0.3, -0.25) is 0 Å². The van der Waals surface area contributed by atoms with Gasteiger partial charge in [0.25, 0.3) is 0 Å². The molecule has 3 rings (SSSR count). The van der Waals surface area contributed by atoms with E-state index in [2.05, 4.69) is 24.1 Å². The van der Waals surface area contributed by atoms with Crippen molar-refractivity contribution in [2.45, 2.75) is 33.0 Å². The van der Waals surface area contributed by atoms with Crippen molar-refractivity contribution >= 4 is 22.9 Å². The zero-order chi connectivity index (χ0) is 17.6. The van der Waals surface area contributed by atoms with Crippen molar-refractivity contribution in [2.24, 2.45) is 0 Å². The van der Waals surface area contributed by atoms with Gasteiger partial charge in [-0.2, -0.15) is 0 Å². The molecule has 130 valence electrons. The molecule has 1 atom stereocenters. The van der Waals surface area contributed by atoms with Crippen molar-refractivity contribution in [3.8, 4) is 5.75 Å². The van der Waals surface area contributed by atoms with Crippen LogP contribution in [0.1, 0.15) is 34.0 Å². The van der Waals surface area contributed by atoms with Crippen LogP contribution < -0.4 is 10.1 Å². The summed E-state index contributed by atoms with van der Waals surface area (Å²) >= 11 is 8.13. The van der Waals surface area contributed by atoms with Crippen LogP contribution in [-0.4, -0.2) is 4.98 Å². The third-order valence-electron chi connectivity index (χ3n) is 3.88. The molecule has 2 aromatic carbocycles. The fourth-order valence-corrected chi connectivity index (χ4v) is 3.46. The van der Waals surface area contributed by atoms with Crippen molar-refractivity contribution < 1.29 is 4.74 Å². The highest BCUT2D eigenvalue weighted by Crippen LogP contribution is 2.25. The molecule has 0 bridgehead atoms. The number of benzene rings is 2. The van der Waals surface area contributed by atoms with Crippen LogP contribution in [0.15, 0.2) is 54.7 Å². The van der Waals surface area contributed by atoms with Gasteiger partial charge in [0.2, 0.25) is 0 Å².